The molecule has 0 saturated heterocycles. The summed E-state index contributed by atoms with van der Waals surface area (Å²) in [6, 6.07) is 11.5. The number of nitrogens with two attached hydrogens (primary N) is 1. The normalized spacial score (nSPS) is 13.1. The lowest BCUT2D eigenvalue weighted by Gasteiger charge is -2.28. The number of carbonyl (C=O) groups is 9. The number of nitrogens with one attached hydrogen (secondary N) is 7. The molecule has 20 heteroatoms. The minimum atomic E-state index is -1.50. The zero-order valence-electron chi connectivity index (χ0n) is 37.8. The Morgan fingerprint density at radius 2 is 1.37 bits per heavy atom. The maximum atomic E-state index is 14.0. The molecular formula is C47H61N9O11. The van der Waals surface area contributed by atoms with E-state index in [-0.39, 0.29) is 44.6 Å². The van der Waals surface area contributed by atoms with Gasteiger partial charge in [-0.1, -0.05) is 56.7 Å². The summed E-state index contributed by atoms with van der Waals surface area (Å²) in [5.41, 5.74) is 8.71. The lowest BCUT2D eigenvalue weighted by atomic mass is 9.96. The molecule has 67 heavy (non-hydrogen) atoms. The van der Waals surface area contributed by atoms with Crippen molar-refractivity contribution in [2.75, 3.05) is 17.2 Å². The van der Waals surface area contributed by atoms with Gasteiger partial charge < -0.3 is 53.2 Å². The van der Waals surface area contributed by atoms with Crippen molar-refractivity contribution in [3.05, 3.63) is 95.8 Å². The largest absolute Gasteiger partial charge is 0.481 e. The van der Waals surface area contributed by atoms with Crippen molar-refractivity contribution in [1.82, 2.24) is 31.6 Å². The van der Waals surface area contributed by atoms with E-state index in [0.29, 0.717) is 36.2 Å². The van der Waals surface area contributed by atoms with Gasteiger partial charge in [0.25, 0.3) is 0 Å². The van der Waals surface area contributed by atoms with Crippen molar-refractivity contribution in [3.8, 4) is 0 Å². The van der Waals surface area contributed by atoms with Crippen LogP contribution in [-0.2, 0) is 44.8 Å². The standard InChI is InChI=1S/C47H61N9O11/c1-4-29(2)42(46(66)53-35(43(48)63)15-9-16-40(59)60)56-45(65)37(22-24-41(61)62)54-44(64)36(14-7-8-26-50-38(57)23-19-32-12-10-25-49-28-32)52-39(58)27-31-17-20-33(21-18-31)51-47(67)55-34-13-6-5-11-30(34)3/h5-6,10-13,17-21,23,25,28-29,35-37,42H,4,7-9,14-16,22,24,26-27H2,1-3H3,(H2,48,63)(H,50,57)(H,52,58)(H,53,66)(H,54,64)(H,56,65)(H,59,60)(H,61,62)(H2,51,55,67)/b23-19+/t29?,35-,36-,37-,42-/m0/s1. The van der Waals surface area contributed by atoms with E-state index >= 15 is 0 Å². The highest BCUT2D eigenvalue weighted by atomic mass is 16.4. The number of anilines is 2. The van der Waals surface area contributed by atoms with Crippen LogP contribution in [0.1, 0.15) is 88.3 Å². The second-order valence-electron chi connectivity index (χ2n) is 15.9. The number of pyridine rings is 1. The minimum absolute atomic E-state index is 0.0304. The van der Waals surface area contributed by atoms with Gasteiger partial charge in [0, 0.05) is 49.2 Å². The van der Waals surface area contributed by atoms with Crippen LogP contribution in [0.3, 0.4) is 0 Å². The molecule has 0 aliphatic rings. The number of carboxylic acid groups (broad SMARTS) is 2. The molecule has 0 fully saturated rings. The molecule has 0 spiro atoms. The monoisotopic (exact) mass is 927 g/mol. The summed E-state index contributed by atoms with van der Waals surface area (Å²) in [5.74, 6) is -7.30. The average Bonchev–Trinajstić information content (AvgIpc) is 3.29. The fourth-order valence-electron chi connectivity index (χ4n) is 6.56. The molecule has 0 saturated carbocycles. The first-order chi connectivity index (χ1) is 31.9. The van der Waals surface area contributed by atoms with E-state index in [1.54, 1.807) is 80.8 Å². The van der Waals surface area contributed by atoms with Crippen molar-refractivity contribution in [1.29, 1.82) is 0 Å². The predicted octanol–water partition coefficient (Wildman–Crippen LogP) is 3.17. The van der Waals surface area contributed by atoms with Crippen molar-refractivity contribution in [2.24, 2.45) is 11.7 Å². The number of urea groups is 1. The van der Waals surface area contributed by atoms with Crippen LogP contribution in [0.25, 0.3) is 6.08 Å². The Hall–Kier alpha value is -7.64. The van der Waals surface area contributed by atoms with Crippen LogP contribution in [0.4, 0.5) is 16.2 Å². The Morgan fingerprint density at radius 3 is 2.01 bits per heavy atom. The number of carboxylic acids is 2. The first-order valence-electron chi connectivity index (χ1n) is 22.0. The molecule has 11 N–H and O–H groups in total. The zero-order valence-corrected chi connectivity index (χ0v) is 37.8. The van der Waals surface area contributed by atoms with Crippen molar-refractivity contribution >= 4 is 70.9 Å². The van der Waals surface area contributed by atoms with Gasteiger partial charge in [-0.15, -0.1) is 0 Å². The van der Waals surface area contributed by atoms with Crippen molar-refractivity contribution < 1.29 is 53.4 Å². The van der Waals surface area contributed by atoms with Crippen LogP contribution in [-0.4, -0.2) is 99.3 Å². The average molecular weight is 928 g/mol. The molecular weight excluding hydrogens is 867 g/mol. The van der Waals surface area contributed by atoms with Crippen molar-refractivity contribution in [3.63, 3.8) is 0 Å². The van der Waals surface area contributed by atoms with Gasteiger partial charge in [0.1, 0.15) is 24.2 Å². The predicted molar refractivity (Wildman–Crippen MR) is 249 cm³/mol. The molecule has 3 rings (SSSR count). The Kier molecular flexibility index (Phi) is 22.7. The number of aromatic nitrogens is 1. The first kappa shape index (κ1) is 53.7. The number of unbranched alkanes of at least 4 members (excludes halogenated alkanes) is 1. The van der Waals surface area contributed by atoms with Crippen LogP contribution in [0.15, 0.2) is 79.1 Å². The highest BCUT2D eigenvalue weighted by molar-refractivity contribution is 6.00. The van der Waals surface area contributed by atoms with Gasteiger partial charge in [-0.3, -0.25) is 43.3 Å². The lowest BCUT2D eigenvalue weighted by Crippen LogP contribution is -2.59. The third-order valence-electron chi connectivity index (χ3n) is 10.6. The van der Waals surface area contributed by atoms with Gasteiger partial charge in [0.05, 0.1) is 6.42 Å². The van der Waals surface area contributed by atoms with E-state index in [9.17, 15) is 48.3 Å². The molecule has 5 atom stereocenters. The summed E-state index contributed by atoms with van der Waals surface area (Å²) >= 11 is 0. The second-order valence-corrected chi connectivity index (χ2v) is 15.9. The van der Waals surface area contributed by atoms with Crippen LogP contribution < -0.4 is 43.0 Å². The lowest BCUT2D eigenvalue weighted by molar-refractivity contribution is -0.139. The summed E-state index contributed by atoms with van der Waals surface area (Å²) in [4.78, 5) is 119. The minimum Gasteiger partial charge on any atom is -0.481 e. The number of aliphatic carboxylic acids is 2. The van der Waals surface area contributed by atoms with E-state index in [0.717, 1.165) is 11.1 Å². The van der Waals surface area contributed by atoms with E-state index in [4.69, 9.17) is 10.8 Å². The van der Waals surface area contributed by atoms with Crippen LogP contribution in [0.5, 0.6) is 0 Å². The Labute approximate surface area is 388 Å². The Balaban J connectivity index is 1.75. The number of amides is 8. The molecule has 2 aromatic carbocycles. The third-order valence-corrected chi connectivity index (χ3v) is 10.6. The number of para-hydroxylation sites is 1. The maximum absolute atomic E-state index is 14.0. The number of benzene rings is 2. The number of nitrogens with zero attached hydrogens (tertiary/aromatic N) is 1. The maximum Gasteiger partial charge on any atom is 0.323 e. The highest BCUT2D eigenvalue weighted by Crippen LogP contribution is 2.16. The van der Waals surface area contributed by atoms with Crippen LogP contribution >= 0.6 is 0 Å². The third kappa shape index (κ3) is 20.4. The SMILES string of the molecule is CCC(C)[C@H](NC(=O)[C@H](CCC(=O)O)NC(=O)[C@H](CCCCNC(=O)/C=C/c1cccnc1)NC(=O)Cc1ccc(NC(=O)Nc2ccccc2C)cc1)C(=O)N[C@@H](CCCC(=O)O)C(N)=O. The van der Waals surface area contributed by atoms with Crippen LogP contribution in [0.2, 0.25) is 0 Å². The molecule has 0 aliphatic heterocycles. The number of aryl methyl sites for hydroxylation is 1. The number of rotatable bonds is 28. The topological polar surface area (TPSA) is 317 Å². The number of hydrogen-bond donors (Lipinski definition) is 10. The fraction of sp³-hybridized carbons (Fsp3) is 0.404. The van der Waals surface area contributed by atoms with E-state index in [1.165, 1.54) is 6.08 Å². The smallest absolute Gasteiger partial charge is 0.323 e. The summed E-state index contributed by atoms with van der Waals surface area (Å²) in [5, 5.41) is 37.1. The number of primary amides is 1. The Morgan fingerprint density at radius 1 is 0.716 bits per heavy atom. The van der Waals surface area contributed by atoms with Gasteiger partial charge in [0.2, 0.25) is 35.4 Å². The number of carbonyl (C=O) groups excluding carboxylic acids is 7. The quantitative estimate of drug-likeness (QED) is 0.0371. The van der Waals surface area contributed by atoms with Crippen molar-refractivity contribution in [2.45, 2.75) is 109 Å². The molecule has 1 heterocycles. The summed E-state index contributed by atoms with van der Waals surface area (Å²) in [6.07, 6.45) is 5.79. The molecule has 1 aromatic heterocycles. The zero-order chi connectivity index (χ0) is 49.3. The molecule has 1 unspecified atom stereocenters. The first-order valence-corrected chi connectivity index (χ1v) is 22.0. The van der Waals surface area contributed by atoms with Crippen LogP contribution in [0, 0.1) is 12.8 Å². The van der Waals surface area contributed by atoms with Gasteiger partial charge in [-0.25, -0.2) is 4.79 Å². The molecule has 0 radical (unpaired) electrons. The summed E-state index contributed by atoms with van der Waals surface area (Å²) in [6.45, 7) is 5.48. The molecule has 0 bridgehead atoms. The fourth-order valence-corrected chi connectivity index (χ4v) is 6.56. The van der Waals surface area contributed by atoms with Gasteiger partial charge in [0.15, 0.2) is 0 Å². The molecule has 3 aromatic rings. The summed E-state index contributed by atoms with van der Waals surface area (Å²) in [7, 11) is 0. The molecule has 8 amide bonds. The van der Waals surface area contributed by atoms with E-state index in [1.807, 2.05) is 19.1 Å². The highest BCUT2D eigenvalue weighted by Gasteiger charge is 2.33. The molecule has 0 aliphatic carbocycles. The van der Waals surface area contributed by atoms with Gasteiger partial charge >= 0.3 is 18.0 Å². The molecule has 360 valence electrons. The number of hydrogen-bond acceptors (Lipinski definition) is 10. The van der Waals surface area contributed by atoms with Gasteiger partial charge in [-0.05, 0) is 98.4 Å². The second kappa shape index (κ2) is 28.3. The summed E-state index contributed by atoms with van der Waals surface area (Å²) < 4.78 is 0. The molecule has 20 nitrogen and oxygen atoms in total. The Bertz CT molecular complexity index is 2200. The van der Waals surface area contributed by atoms with E-state index in [2.05, 4.69) is 42.2 Å². The van der Waals surface area contributed by atoms with E-state index < -0.39 is 90.4 Å². The van der Waals surface area contributed by atoms with Gasteiger partial charge in [-0.2, -0.15) is 0 Å².